The number of hydrogen-bond acceptors (Lipinski definition) is 3. The molecule has 0 aliphatic rings. The molecular formula is C15H18O3. The molecule has 3 heteroatoms. The minimum Gasteiger partial charge on any atom is -0.494 e. The topological polar surface area (TPSA) is 42.6 Å². The van der Waals surface area contributed by atoms with Gasteiger partial charge in [0.15, 0.2) is 0 Å². The van der Waals surface area contributed by atoms with Crippen molar-refractivity contribution in [2.45, 2.75) is 25.9 Å². The van der Waals surface area contributed by atoms with Gasteiger partial charge in [-0.25, -0.2) is 0 Å². The van der Waals surface area contributed by atoms with E-state index in [4.69, 9.17) is 9.15 Å². The second-order valence-electron chi connectivity index (χ2n) is 4.22. The van der Waals surface area contributed by atoms with Crippen molar-refractivity contribution in [1.29, 1.82) is 0 Å². The van der Waals surface area contributed by atoms with Gasteiger partial charge < -0.3 is 14.3 Å². The highest BCUT2D eigenvalue weighted by Crippen LogP contribution is 2.22. The van der Waals surface area contributed by atoms with Crippen molar-refractivity contribution >= 4 is 0 Å². The average Bonchev–Trinajstić information content (AvgIpc) is 2.89. The number of aliphatic hydroxyl groups is 1. The van der Waals surface area contributed by atoms with E-state index < -0.39 is 6.10 Å². The number of furan rings is 1. The largest absolute Gasteiger partial charge is 0.494 e. The van der Waals surface area contributed by atoms with Gasteiger partial charge in [-0.05, 0) is 36.2 Å². The molecule has 1 unspecified atom stereocenters. The van der Waals surface area contributed by atoms with Crippen molar-refractivity contribution in [3.63, 3.8) is 0 Å². The van der Waals surface area contributed by atoms with E-state index >= 15 is 0 Å². The van der Waals surface area contributed by atoms with E-state index in [9.17, 15) is 5.11 Å². The van der Waals surface area contributed by atoms with Crippen LogP contribution in [-0.2, 0) is 6.42 Å². The highest BCUT2D eigenvalue weighted by atomic mass is 16.5. The molecule has 0 amide bonds. The molecule has 0 aliphatic carbocycles. The first kappa shape index (κ1) is 12.7. The molecule has 0 spiro atoms. The van der Waals surface area contributed by atoms with Crippen LogP contribution in [0.4, 0.5) is 0 Å². The Bertz CT molecular complexity index is 462. The second-order valence-corrected chi connectivity index (χ2v) is 4.22. The van der Waals surface area contributed by atoms with Gasteiger partial charge in [0, 0.05) is 6.42 Å². The molecule has 18 heavy (non-hydrogen) atoms. The highest BCUT2D eigenvalue weighted by molar-refractivity contribution is 5.30. The summed E-state index contributed by atoms with van der Waals surface area (Å²) in [4.78, 5) is 0. The Morgan fingerprint density at radius 3 is 2.89 bits per heavy atom. The summed E-state index contributed by atoms with van der Waals surface area (Å²) in [5.41, 5.74) is 0.847. The molecule has 0 saturated carbocycles. The van der Waals surface area contributed by atoms with Crippen molar-refractivity contribution in [3.05, 3.63) is 54.0 Å². The molecule has 0 aliphatic heterocycles. The monoisotopic (exact) mass is 246 g/mol. The van der Waals surface area contributed by atoms with Crippen LogP contribution < -0.4 is 4.74 Å². The standard InChI is InChI=1S/C15H18O3/c1-2-8-17-13-6-3-5-12(10-13)15(16)11-14-7-4-9-18-14/h3-7,9-10,15-16H,2,8,11H2,1H3. The van der Waals surface area contributed by atoms with Crippen LogP contribution in [0.2, 0.25) is 0 Å². The first-order valence-electron chi connectivity index (χ1n) is 6.23. The Morgan fingerprint density at radius 2 is 2.17 bits per heavy atom. The van der Waals surface area contributed by atoms with E-state index in [0.29, 0.717) is 13.0 Å². The van der Waals surface area contributed by atoms with Gasteiger partial charge in [0.05, 0.1) is 19.0 Å². The van der Waals surface area contributed by atoms with E-state index in [-0.39, 0.29) is 0 Å². The molecule has 2 rings (SSSR count). The van der Waals surface area contributed by atoms with E-state index in [1.165, 1.54) is 0 Å². The fourth-order valence-electron chi connectivity index (χ4n) is 1.77. The third-order valence-electron chi connectivity index (χ3n) is 2.69. The van der Waals surface area contributed by atoms with E-state index in [2.05, 4.69) is 6.92 Å². The van der Waals surface area contributed by atoms with E-state index in [0.717, 1.165) is 23.5 Å². The van der Waals surface area contributed by atoms with Gasteiger partial charge in [-0.1, -0.05) is 19.1 Å². The first-order chi connectivity index (χ1) is 8.79. The Balaban J connectivity index is 2.03. The van der Waals surface area contributed by atoms with Crippen LogP contribution in [0.25, 0.3) is 0 Å². The number of hydrogen-bond donors (Lipinski definition) is 1. The van der Waals surface area contributed by atoms with E-state index in [1.54, 1.807) is 6.26 Å². The zero-order chi connectivity index (χ0) is 12.8. The SMILES string of the molecule is CCCOc1cccc(C(O)Cc2ccco2)c1. The van der Waals surface area contributed by atoms with Gasteiger partial charge in [0.25, 0.3) is 0 Å². The maximum Gasteiger partial charge on any atom is 0.119 e. The third kappa shape index (κ3) is 3.37. The Morgan fingerprint density at radius 1 is 1.28 bits per heavy atom. The summed E-state index contributed by atoms with van der Waals surface area (Å²) in [5.74, 6) is 1.58. The van der Waals surface area contributed by atoms with Crippen LogP contribution in [0.15, 0.2) is 47.1 Å². The zero-order valence-electron chi connectivity index (χ0n) is 10.5. The third-order valence-corrected chi connectivity index (χ3v) is 2.69. The summed E-state index contributed by atoms with van der Waals surface area (Å²) < 4.78 is 10.8. The maximum atomic E-state index is 10.1. The van der Waals surface area contributed by atoms with Crippen molar-refractivity contribution in [3.8, 4) is 5.75 Å². The van der Waals surface area contributed by atoms with Crippen molar-refractivity contribution in [2.75, 3.05) is 6.61 Å². The highest BCUT2D eigenvalue weighted by Gasteiger charge is 2.11. The fraction of sp³-hybridized carbons (Fsp3) is 0.333. The van der Waals surface area contributed by atoms with Gasteiger partial charge >= 0.3 is 0 Å². The average molecular weight is 246 g/mol. The molecule has 1 heterocycles. The van der Waals surface area contributed by atoms with Gasteiger partial charge in [-0.15, -0.1) is 0 Å². The van der Waals surface area contributed by atoms with Gasteiger partial charge in [-0.2, -0.15) is 0 Å². The summed E-state index contributed by atoms with van der Waals surface area (Å²) in [6, 6.07) is 11.3. The molecule has 3 nitrogen and oxygen atoms in total. The normalized spacial score (nSPS) is 12.3. The lowest BCUT2D eigenvalue weighted by Crippen LogP contribution is -2.02. The van der Waals surface area contributed by atoms with Crippen molar-refractivity contribution in [2.24, 2.45) is 0 Å². The zero-order valence-corrected chi connectivity index (χ0v) is 10.5. The molecule has 1 aromatic carbocycles. The van der Waals surface area contributed by atoms with Gasteiger partial charge in [0.2, 0.25) is 0 Å². The quantitative estimate of drug-likeness (QED) is 0.850. The maximum absolute atomic E-state index is 10.1. The minimum atomic E-state index is -0.568. The smallest absolute Gasteiger partial charge is 0.119 e. The molecule has 1 N–H and O–H groups in total. The molecule has 0 fully saturated rings. The molecule has 96 valence electrons. The number of ether oxygens (including phenoxy) is 1. The molecule has 2 aromatic rings. The summed E-state index contributed by atoms with van der Waals surface area (Å²) >= 11 is 0. The molecule has 0 bridgehead atoms. The van der Waals surface area contributed by atoms with Crippen LogP contribution >= 0.6 is 0 Å². The lowest BCUT2D eigenvalue weighted by molar-refractivity contribution is 0.170. The van der Waals surface area contributed by atoms with Crippen LogP contribution in [0, 0.1) is 0 Å². The van der Waals surface area contributed by atoms with Crippen molar-refractivity contribution < 1.29 is 14.3 Å². The summed E-state index contributed by atoms with van der Waals surface area (Å²) in [7, 11) is 0. The lowest BCUT2D eigenvalue weighted by Gasteiger charge is -2.11. The van der Waals surface area contributed by atoms with Crippen LogP contribution in [0.3, 0.4) is 0 Å². The summed E-state index contributed by atoms with van der Waals surface area (Å²) in [5, 5.41) is 10.1. The molecule has 0 saturated heterocycles. The Hall–Kier alpha value is -1.74. The summed E-state index contributed by atoms with van der Waals surface area (Å²) in [6.07, 6.45) is 2.49. The van der Waals surface area contributed by atoms with Gasteiger partial charge in [0.1, 0.15) is 11.5 Å². The molecule has 0 radical (unpaired) electrons. The Kier molecular flexibility index (Phi) is 4.42. The van der Waals surface area contributed by atoms with Crippen LogP contribution in [-0.4, -0.2) is 11.7 Å². The predicted molar refractivity (Wildman–Crippen MR) is 69.6 cm³/mol. The number of aliphatic hydroxyl groups excluding tert-OH is 1. The molecule has 1 aromatic heterocycles. The van der Waals surface area contributed by atoms with Crippen molar-refractivity contribution in [1.82, 2.24) is 0 Å². The molecular weight excluding hydrogens is 228 g/mol. The van der Waals surface area contributed by atoms with Crippen LogP contribution in [0.5, 0.6) is 5.75 Å². The Labute approximate surface area is 107 Å². The van der Waals surface area contributed by atoms with E-state index in [1.807, 2.05) is 36.4 Å². The fourth-order valence-corrected chi connectivity index (χ4v) is 1.77. The number of rotatable bonds is 6. The second kappa shape index (κ2) is 6.26. The van der Waals surface area contributed by atoms with Gasteiger partial charge in [-0.3, -0.25) is 0 Å². The minimum absolute atomic E-state index is 0.476. The summed E-state index contributed by atoms with van der Waals surface area (Å²) in [6.45, 7) is 2.76. The first-order valence-corrected chi connectivity index (χ1v) is 6.23. The van der Waals surface area contributed by atoms with Crippen LogP contribution in [0.1, 0.15) is 30.8 Å². The molecule has 1 atom stereocenters. The predicted octanol–water partition coefficient (Wildman–Crippen LogP) is 3.34. The lowest BCUT2D eigenvalue weighted by atomic mass is 10.1. The number of benzene rings is 1.